The molecule has 0 unspecified atom stereocenters. The minimum absolute atomic E-state index is 0.0715. The van der Waals surface area contributed by atoms with E-state index in [0.717, 1.165) is 31.5 Å². The zero-order valence-electron chi connectivity index (χ0n) is 14.0. The summed E-state index contributed by atoms with van der Waals surface area (Å²) in [6.07, 6.45) is 2.72. The van der Waals surface area contributed by atoms with Crippen LogP contribution in [0.5, 0.6) is 0 Å². The van der Waals surface area contributed by atoms with Gasteiger partial charge in [0.05, 0.1) is 19.4 Å². The Bertz CT molecular complexity index is 577. The summed E-state index contributed by atoms with van der Waals surface area (Å²) in [5.74, 6) is -0.453. The molecule has 0 atom stereocenters. The molecule has 1 N–H and O–H groups in total. The Morgan fingerprint density at radius 2 is 1.75 bits per heavy atom. The van der Waals surface area contributed by atoms with Gasteiger partial charge in [-0.1, -0.05) is 12.1 Å². The molecule has 0 aliphatic carbocycles. The van der Waals surface area contributed by atoms with E-state index in [0.29, 0.717) is 18.7 Å². The van der Waals surface area contributed by atoms with Crippen molar-refractivity contribution in [2.75, 3.05) is 25.0 Å². The summed E-state index contributed by atoms with van der Waals surface area (Å²) in [5, 5.41) is 2.73. The molecule has 2 amide bonds. The van der Waals surface area contributed by atoms with Gasteiger partial charge in [-0.15, -0.1) is 0 Å². The van der Waals surface area contributed by atoms with E-state index in [4.69, 9.17) is 4.74 Å². The van der Waals surface area contributed by atoms with Crippen molar-refractivity contribution >= 4 is 23.5 Å². The van der Waals surface area contributed by atoms with Crippen molar-refractivity contribution in [2.24, 2.45) is 0 Å². The average Bonchev–Trinajstić information content (AvgIpc) is 3.10. The molecule has 0 radical (unpaired) electrons. The Kier molecular flexibility index (Phi) is 6.78. The molecule has 1 saturated heterocycles. The van der Waals surface area contributed by atoms with Gasteiger partial charge in [0.2, 0.25) is 11.8 Å². The second-order valence-corrected chi connectivity index (χ2v) is 5.81. The Hall–Kier alpha value is -2.37. The fourth-order valence-corrected chi connectivity index (χ4v) is 2.63. The van der Waals surface area contributed by atoms with Crippen LogP contribution in [0, 0.1) is 0 Å². The number of nitrogens with zero attached hydrogens (tertiary/aromatic N) is 1. The first kappa shape index (κ1) is 18.0. The molecule has 1 aromatic rings. The molecule has 1 aliphatic rings. The molecule has 2 rings (SSSR count). The first-order valence-electron chi connectivity index (χ1n) is 8.40. The normalized spacial score (nSPS) is 13.6. The van der Waals surface area contributed by atoms with Gasteiger partial charge in [0.15, 0.2) is 0 Å². The number of hydrogen-bond donors (Lipinski definition) is 1. The quantitative estimate of drug-likeness (QED) is 0.776. The van der Waals surface area contributed by atoms with Gasteiger partial charge in [-0.2, -0.15) is 0 Å². The van der Waals surface area contributed by atoms with Gasteiger partial charge in [-0.3, -0.25) is 14.4 Å². The number of ether oxygens (including phenoxy) is 1. The highest BCUT2D eigenvalue weighted by molar-refractivity contribution is 5.92. The number of hydrogen-bond acceptors (Lipinski definition) is 4. The van der Waals surface area contributed by atoms with Gasteiger partial charge >= 0.3 is 5.97 Å². The molecule has 1 heterocycles. The molecule has 6 nitrogen and oxygen atoms in total. The summed E-state index contributed by atoms with van der Waals surface area (Å²) < 4.78 is 4.78. The molecule has 24 heavy (non-hydrogen) atoms. The summed E-state index contributed by atoms with van der Waals surface area (Å²) in [7, 11) is 0. The van der Waals surface area contributed by atoms with Crippen LogP contribution >= 0.6 is 0 Å². The van der Waals surface area contributed by atoms with Crippen LogP contribution in [0.25, 0.3) is 0 Å². The fraction of sp³-hybridized carbons (Fsp3) is 0.500. The Balaban J connectivity index is 1.77. The minimum atomic E-state index is -0.372. The highest BCUT2D eigenvalue weighted by Gasteiger charge is 2.17. The zero-order chi connectivity index (χ0) is 17.4. The number of rotatable bonds is 7. The molecule has 1 aliphatic heterocycles. The van der Waals surface area contributed by atoms with E-state index in [1.807, 2.05) is 17.0 Å². The van der Waals surface area contributed by atoms with E-state index < -0.39 is 0 Å². The van der Waals surface area contributed by atoms with E-state index in [1.165, 1.54) is 0 Å². The smallest absolute Gasteiger partial charge is 0.306 e. The lowest BCUT2D eigenvalue weighted by molar-refractivity contribution is -0.144. The predicted molar refractivity (Wildman–Crippen MR) is 90.5 cm³/mol. The number of carbonyl (C=O) groups excluding carboxylic acids is 3. The topological polar surface area (TPSA) is 75.7 Å². The highest BCUT2D eigenvalue weighted by atomic mass is 16.5. The average molecular weight is 332 g/mol. The standard InChI is InChI=1S/C18H24N2O4/c1-2-24-18(23)10-9-16(21)19-15-7-5-14(6-8-15)13-17(22)20-11-3-4-12-20/h5-8H,2-4,9-13H2,1H3,(H,19,21). The van der Waals surface area contributed by atoms with Crippen LogP contribution < -0.4 is 5.32 Å². The second-order valence-electron chi connectivity index (χ2n) is 5.81. The molecule has 6 heteroatoms. The number of carbonyl (C=O) groups is 3. The third kappa shape index (κ3) is 5.68. The van der Waals surface area contributed by atoms with Crippen molar-refractivity contribution in [1.29, 1.82) is 0 Å². The number of likely N-dealkylation sites (tertiary alicyclic amines) is 1. The van der Waals surface area contributed by atoms with E-state index in [9.17, 15) is 14.4 Å². The van der Waals surface area contributed by atoms with Crippen molar-refractivity contribution in [3.63, 3.8) is 0 Å². The number of benzene rings is 1. The van der Waals surface area contributed by atoms with Crippen molar-refractivity contribution in [3.05, 3.63) is 29.8 Å². The van der Waals surface area contributed by atoms with Crippen LogP contribution in [0.15, 0.2) is 24.3 Å². The maximum Gasteiger partial charge on any atom is 0.306 e. The van der Waals surface area contributed by atoms with Crippen LogP contribution in [0.1, 0.15) is 38.2 Å². The first-order valence-corrected chi connectivity index (χ1v) is 8.40. The van der Waals surface area contributed by atoms with Crippen molar-refractivity contribution in [3.8, 4) is 0 Å². The summed E-state index contributed by atoms with van der Waals surface area (Å²) in [5.41, 5.74) is 1.58. The third-order valence-electron chi connectivity index (χ3n) is 3.91. The van der Waals surface area contributed by atoms with E-state index in [1.54, 1.807) is 19.1 Å². The largest absolute Gasteiger partial charge is 0.466 e. The van der Waals surface area contributed by atoms with E-state index in [2.05, 4.69) is 5.32 Å². The Morgan fingerprint density at radius 1 is 1.08 bits per heavy atom. The lowest BCUT2D eigenvalue weighted by Crippen LogP contribution is -2.29. The third-order valence-corrected chi connectivity index (χ3v) is 3.91. The summed E-state index contributed by atoms with van der Waals surface area (Å²) >= 11 is 0. The van der Waals surface area contributed by atoms with Crippen molar-refractivity contribution < 1.29 is 19.1 Å². The van der Waals surface area contributed by atoms with Gasteiger partial charge in [0.1, 0.15) is 0 Å². The molecule has 0 aromatic heterocycles. The van der Waals surface area contributed by atoms with Crippen LogP contribution in [-0.2, 0) is 25.5 Å². The summed E-state index contributed by atoms with van der Waals surface area (Å²) in [4.78, 5) is 37.0. The monoisotopic (exact) mass is 332 g/mol. The molecule has 0 spiro atoms. The minimum Gasteiger partial charge on any atom is -0.466 e. The molecular formula is C18H24N2O4. The van der Waals surface area contributed by atoms with Crippen LogP contribution in [0.2, 0.25) is 0 Å². The first-order chi connectivity index (χ1) is 11.6. The van der Waals surface area contributed by atoms with E-state index in [-0.39, 0.29) is 30.6 Å². The van der Waals surface area contributed by atoms with Crippen molar-refractivity contribution in [2.45, 2.75) is 39.0 Å². The Labute approximate surface area is 142 Å². The molecule has 1 fully saturated rings. The molecule has 130 valence electrons. The fourth-order valence-electron chi connectivity index (χ4n) is 2.63. The lowest BCUT2D eigenvalue weighted by atomic mass is 10.1. The van der Waals surface area contributed by atoms with Gasteiger partial charge in [-0.05, 0) is 37.5 Å². The van der Waals surface area contributed by atoms with Crippen LogP contribution in [0.4, 0.5) is 5.69 Å². The number of esters is 1. The van der Waals surface area contributed by atoms with Gasteiger partial charge in [0.25, 0.3) is 0 Å². The number of nitrogens with one attached hydrogen (secondary N) is 1. The highest BCUT2D eigenvalue weighted by Crippen LogP contribution is 2.14. The molecule has 0 saturated carbocycles. The van der Waals surface area contributed by atoms with Crippen molar-refractivity contribution in [1.82, 2.24) is 4.90 Å². The molecule has 1 aromatic carbocycles. The second kappa shape index (κ2) is 9.05. The lowest BCUT2D eigenvalue weighted by Gasteiger charge is -2.15. The van der Waals surface area contributed by atoms with Crippen LogP contribution in [-0.4, -0.2) is 42.4 Å². The van der Waals surface area contributed by atoms with Gasteiger partial charge in [0, 0.05) is 25.2 Å². The number of amides is 2. The van der Waals surface area contributed by atoms with Gasteiger partial charge in [-0.25, -0.2) is 0 Å². The molecular weight excluding hydrogens is 308 g/mol. The summed E-state index contributed by atoms with van der Waals surface area (Å²) in [6, 6.07) is 7.23. The maximum absolute atomic E-state index is 12.1. The maximum atomic E-state index is 12.1. The molecule has 0 bridgehead atoms. The van der Waals surface area contributed by atoms with Crippen LogP contribution in [0.3, 0.4) is 0 Å². The van der Waals surface area contributed by atoms with Gasteiger partial charge < -0.3 is 15.0 Å². The van der Waals surface area contributed by atoms with E-state index >= 15 is 0 Å². The SMILES string of the molecule is CCOC(=O)CCC(=O)Nc1ccc(CC(=O)N2CCCC2)cc1. The number of anilines is 1. The predicted octanol–water partition coefficient (Wildman–Crippen LogP) is 2.13. The summed E-state index contributed by atoms with van der Waals surface area (Å²) in [6.45, 7) is 3.76. The Morgan fingerprint density at radius 3 is 2.38 bits per heavy atom. The zero-order valence-corrected chi connectivity index (χ0v) is 14.0.